The molecule has 0 radical (unpaired) electrons. The van der Waals surface area contributed by atoms with Crippen LogP contribution in [0.3, 0.4) is 0 Å². The van der Waals surface area contributed by atoms with Gasteiger partial charge in [-0.05, 0) is 42.5 Å². The second-order valence-corrected chi connectivity index (χ2v) is 5.30. The SMILES string of the molecule is O=C(c1cccc(-c2ccccc2)c1)N1CCCCC1. The van der Waals surface area contributed by atoms with E-state index in [1.807, 2.05) is 41.3 Å². The molecule has 0 bridgehead atoms. The molecule has 3 rings (SSSR count). The van der Waals surface area contributed by atoms with Crippen molar-refractivity contribution in [3.8, 4) is 11.1 Å². The summed E-state index contributed by atoms with van der Waals surface area (Å²) in [6.45, 7) is 1.79. The van der Waals surface area contributed by atoms with E-state index in [-0.39, 0.29) is 5.91 Å². The zero-order chi connectivity index (χ0) is 13.8. The molecule has 0 N–H and O–H groups in total. The Morgan fingerprint density at radius 2 is 1.50 bits per heavy atom. The van der Waals surface area contributed by atoms with Crippen LogP contribution in [0.4, 0.5) is 0 Å². The number of nitrogens with zero attached hydrogens (tertiary/aromatic N) is 1. The predicted octanol–water partition coefficient (Wildman–Crippen LogP) is 3.98. The van der Waals surface area contributed by atoms with Crippen molar-refractivity contribution in [2.24, 2.45) is 0 Å². The maximum atomic E-state index is 12.5. The molecular formula is C18H19NO. The number of hydrogen-bond acceptors (Lipinski definition) is 1. The van der Waals surface area contributed by atoms with Crippen molar-refractivity contribution in [2.45, 2.75) is 19.3 Å². The Kier molecular flexibility index (Phi) is 3.82. The van der Waals surface area contributed by atoms with E-state index in [4.69, 9.17) is 0 Å². The Labute approximate surface area is 120 Å². The molecule has 0 aliphatic carbocycles. The molecule has 1 fully saturated rings. The molecule has 1 aliphatic rings. The van der Waals surface area contributed by atoms with Gasteiger partial charge in [-0.2, -0.15) is 0 Å². The minimum atomic E-state index is 0.169. The Balaban J connectivity index is 1.85. The van der Waals surface area contributed by atoms with Crippen molar-refractivity contribution in [1.29, 1.82) is 0 Å². The zero-order valence-electron chi connectivity index (χ0n) is 11.6. The third kappa shape index (κ3) is 2.74. The third-order valence-corrected chi connectivity index (χ3v) is 3.86. The summed E-state index contributed by atoms with van der Waals surface area (Å²) < 4.78 is 0. The second-order valence-electron chi connectivity index (χ2n) is 5.30. The Morgan fingerprint density at radius 3 is 2.25 bits per heavy atom. The molecule has 1 saturated heterocycles. The lowest BCUT2D eigenvalue weighted by Crippen LogP contribution is -2.35. The molecule has 1 amide bonds. The van der Waals surface area contributed by atoms with Crippen LogP contribution in [0.25, 0.3) is 11.1 Å². The van der Waals surface area contributed by atoms with Gasteiger partial charge < -0.3 is 4.90 Å². The summed E-state index contributed by atoms with van der Waals surface area (Å²) in [4.78, 5) is 14.5. The van der Waals surface area contributed by atoms with Crippen LogP contribution in [-0.2, 0) is 0 Å². The molecule has 2 nitrogen and oxygen atoms in total. The molecule has 0 atom stereocenters. The highest BCUT2D eigenvalue weighted by Gasteiger charge is 2.18. The first-order valence-corrected chi connectivity index (χ1v) is 7.29. The summed E-state index contributed by atoms with van der Waals surface area (Å²) in [7, 11) is 0. The molecule has 20 heavy (non-hydrogen) atoms. The molecule has 2 heteroatoms. The molecule has 2 aromatic rings. The number of hydrogen-bond donors (Lipinski definition) is 0. The Hall–Kier alpha value is -2.09. The van der Waals surface area contributed by atoms with Crippen molar-refractivity contribution in [3.05, 3.63) is 60.2 Å². The van der Waals surface area contributed by atoms with E-state index >= 15 is 0 Å². The lowest BCUT2D eigenvalue weighted by Gasteiger charge is -2.26. The van der Waals surface area contributed by atoms with Gasteiger partial charge in [0, 0.05) is 18.7 Å². The summed E-state index contributed by atoms with van der Waals surface area (Å²) in [5.74, 6) is 0.169. The Bertz CT molecular complexity index is 585. The van der Waals surface area contributed by atoms with Crippen LogP contribution >= 0.6 is 0 Å². The molecule has 0 saturated carbocycles. The molecule has 0 spiro atoms. The van der Waals surface area contributed by atoms with Gasteiger partial charge in [0.15, 0.2) is 0 Å². The standard InChI is InChI=1S/C18H19NO/c20-18(19-12-5-2-6-13-19)17-11-7-10-16(14-17)15-8-3-1-4-9-15/h1,3-4,7-11,14H,2,5-6,12-13H2. The number of piperidine rings is 1. The van der Waals surface area contributed by atoms with Gasteiger partial charge in [-0.15, -0.1) is 0 Å². The van der Waals surface area contributed by atoms with Crippen LogP contribution in [0.5, 0.6) is 0 Å². The van der Waals surface area contributed by atoms with Crippen molar-refractivity contribution in [2.75, 3.05) is 13.1 Å². The van der Waals surface area contributed by atoms with E-state index in [1.165, 1.54) is 6.42 Å². The predicted molar refractivity (Wildman–Crippen MR) is 81.6 cm³/mol. The topological polar surface area (TPSA) is 20.3 Å². The molecule has 1 aliphatic heterocycles. The highest BCUT2D eigenvalue weighted by Crippen LogP contribution is 2.21. The quantitative estimate of drug-likeness (QED) is 0.804. The van der Waals surface area contributed by atoms with E-state index in [0.717, 1.165) is 42.6 Å². The van der Waals surface area contributed by atoms with Gasteiger partial charge in [0.2, 0.25) is 0 Å². The van der Waals surface area contributed by atoms with Crippen LogP contribution in [-0.4, -0.2) is 23.9 Å². The van der Waals surface area contributed by atoms with Crippen LogP contribution in [0.15, 0.2) is 54.6 Å². The molecule has 1 heterocycles. The fourth-order valence-corrected chi connectivity index (χ4v) is 2.74. The normalized spacial score (nSPS) is 15.1. The van der Waals surface area contributed by atoms with Crippen LogP contribution < -0.4 is 0 Å². The number of amides is 1. The zero-order valence-corrected chi connectivity index (χ0v) is 11.6. The fourth-order valence-electron chi connectivity index (χ4n) is 2.74. The smallest absolute Gasteiger partial charge is 0.253 e. The number of likely N-dealkylation sites (tertiary alicyclic amines) is 1. The van der Waals surface area contributed by atoms with E-state index in [0.29, 0.717) is 0 Å². The van der Waals surface area contributed by atoms with Crippen molar-refractivity contribution < 1.29 is 4.79 Å². The lowest BCUT2D eigenvalue weighted by molar-refractivity contribution is 0.0724. The van der Waals surface area contributed by atoms with Gasteiger partial charge in [-0.3, -0.25) is 4.79 Å². The number of carbonyl (C=O) groups is 1. The third-order valence-electron chi connectivity index (χ3n) is 3.86. The highest BCUT2D eigenvalue weighted by atomic mass is 16.2. The van der Waals surface area contributed by atoms with Gasteiger partial charge in [0.05, 0.1) is 0 Å². The van der Waals surface area contributed by atoms with E-state index < -0.39 is 0 Å². The second kappa shape index (κ2) is 5.91. The minimum absolute atomic E-state index is 0.169. The molecule has 102 valence electrons. The summed E-state index contributed by atoms with van der Waals surface area (Å²) in [6, 6.07) is 18.2. The van der Waals surface area contributed by atoms with E-state index in [2.05, 4.69) is 18.2 Å². The molecular weight excluding hydrogens is 246 g/mol. The molecule has 2 aromatic carbocycles. The van der Waals surface area contributed by atoms with Gasteiger partial charge >= 0.3 is 0 Å². The number of benzene rings is 2. The first-order chi connectivity index (χ1) is 9.84. The average molecular weight is 265 g/mol. The van der Waals surface area contributed by atoms with Crippen molar-refractivity contribution in [1.82, 2.24) is 4.90 Å². The maximum absolute atomic E-state index is 12.5. The maximum Gasteiger partial charge on any atom is 0.253 e. The summed E-state index contributed by atoms with van der Waals surface area (Å²) in [6.07, 6.45) is 3.50. The monoisotopic (exact) mass is 265 g/mol. The number of carbonyl (C=O) groups excluding carboxylic acids is 1. The van der Waals surface area contributed by atoms with E-state index in [9.17, 15) is 4.79 Å². The lowest BCUT2D eigenvalue weighted by atomic mass is 10.0. The molecule has 0 unspecified atom stereocenters. The summed E-state index contributed by atoms with van der Waals surface area (Å²) >= 11 is 0. The summed E-state index contributed by atoms with van der Waals surface area (Å²) in [5, 5.41) is 0. The van der Waals surface area contributed by atoms with Gasteiger partial charge in [0.1, 0.15) is 0 Å². The van der Waals surface area contributed by atoms with Crippen molar-refractivity contribution in [3.63, 3.8) is 0 Å². The molecule has 0 aromatic heterocycles. The van der Waals surface area contributed by atoms with E-state index in [1.54, 1.807) is 0 Å². The van der Waals surface area contributed by atoms with Crippen LogP contribution in [0.2, 0.25) is 0 Å². The van der Waals surface area contributed by atoms with Crippen molar-refractivity contribution >= 4 is 5.91 Å². The number of rotatable bonds is 2. The summed E-state index contributed by atoms with van der Waals surface area (Å²) in [5.41, 5.74) is 3.06. The first-order valence-electron chi connectivity index (χ1n) is 7.29. The van der Waals surface area contributed by atoms with Crippen LogP contribution in [0.1, 0.15) is 29.6 Å². The van der Waals surface area contributed by atoms with Gasteiger partial charge in [-0.1, -0.05) is 42.5 Å². The average Bonchev–Trinajstić information content (AvgIpc) is 2.56. The van der Waals surface area contributed by atoms with Gasteiger partial charge in [0.25, 0.3) is 5.91 Å². The minimum Gasteiger partial charge on any atom is -0.339 e. The highest BCUT2D eigenvalue weighted by molar-refractivity contribution is 5.95. The largest absolute Gasteiger partial charge is 0.339 e. The Morgan fingerprint density at radius 1 is 0.800 bits per heavy atom. The van der Waals surface area contributed by atoms with Crippen LogP contribution in [0, 0.1) is 0 Å². The van der Waals surface area contributed by atoms with Gasteiger partial charge in [-0.25, -0.2) is 0 Å². The fraction of sp³-hybridized carbons (Fsp3) is 0.278. The first kappa shape index (κ1) is 12.9.